The van der Waals surface area contributed by atoms with Gasteiger partial charge in [0.05, 0.1) is 22.6 Å². The number of nitrogens with one attached hydrogen (secondary N) is 1. The minimum Gasteiger partial charge on any atom is -0.454 e. The molecule has 0 fully saturated rings. The SMILES string of the molecule is C1=CC(C2=NC(c3ccccc3)N=C(c3ccc4oc5c(-n6c7ccccc7c7ccccc76)cccc5c4c3)N2)C2Sc3ccccc3C2=C1. The second-order valence-corrected chi connectivity index (χ2v) is 14.5. The molecule has 2 aromatic heterocycles. The minimum atomic E-state index is -0.354. The molecule has 1 aliphatic carbocycles. The molecule has 8 aromatic rings. The van der Waals surface area contributed by atoms with Crippen LogP contribution in [0.3, 0.4) is 0 Å². The number of amidine groups is 2. The highest BCUT2D eigenvalue weighted by Crippen LogP contribution is 2.50. The van der Waals surface area contributed by atoms with E-state index in [0.29, 0.717) is 0 Å². The minimum absolute atomic E-state index is 0.0753. The average molecular weight is 675 g/mol. The largest absolute Gasteiger partial charge is 0.454 e. The summed E-state index contributed by atoms with van der Waals surface area (Å²) in [5.41, 5.74) is 9.80. The number of hydrogen-bond donors (Lipinski definition) is 1. The van der Waals surface area contributed by atoms with Crippen molar-refractivity contribution in [2.24, 2.45) is 15.9 Å². The number of furan rings is 1. The smallest absolute Gasteiger partial charge is 0.169 e. The predicted molar refractivity (Wildman–Crippen MR) is 211 cm³/mol. The van der Waals surface area contributed by atoms with Crippen LogP contribution in [-0.4, -0.2) is 21.5 Å². The van der Waals surface area contributed by atoms with E-state index in [9.17, 15) is 0 Å². The standard InChI is InChI=1S/C45H30N4OS/c1-2-12-27(13-3-1)43-46-44(48-45(47-43)34-19-10-18-33-31-16-6-9-23-40(31)51-42(33)34)28-24-25-39-35(26-28)32-17-11-22-38(41(32)50-39)49-36-20-7-4-14-29(36)30-15-5-8-21-37(30)49/h1-26,34,42-43H,(H,46,47,48). The van der Waals surface area contributed by atoms with E-state index in [1.165, 1.54) is 26.8 Å². The van der Waals surface area contributed by atoms with Crippen molar-refractivity contribution in [3.8, 4) is 5.69 Å². The number of aromatic nitrogens is 1. The molecule has 0 spiro atoms. The molecule has 3 aliphatic rings. The first kappa shape index (κ1) is 28.7. The van der Waals surface area contributed by atoms with Crippen molar-refractivity contribution in [2.45, 2.75) is 16.3 Å². The van der Waals surface area contributed by atoms with Gasteiger partial charge in [0.25, 0.3) is 0 Å². The second kappa shape index (κ2) is 11.2. The van der Waals surface area contributed by atoms with E-state index >= 15 is 0 Å². The molecule has 2 aliphatic heterocycles. The van der Waals surface area contributed by atoms with Crippen LogP contribution in [0.25, 0.3) is 55.0 Å². The zero-order valence-electron chi connectivity index (χ0n) is 27.4. The van der Waals surface area contributed by atoms with Crippen LogP contribution in [0, 0.1) is 5.92 Å². The molecule has 242 valence electrons. The molecule has 11 rings (SSSR count). The maximum atomic E-state index is 6.71. The van der Waals surface area contributed by atoms with Crippen molar-refractivity contribution < 1.29 is 4.42 Å². The highest BCUT2D eigenvalue weighted by molar-refractivity contribution is 8.01. The molecule has 0 radical (unpaired) electrons. The van der Waals surface area contributed by atoms with E-state index in [-0.39, 0.29) is 17.3 Å². The van der Waals surface area contributed by atoms with E-state index in [0.717, 1.165) is 61.5 Å². The molecule has 0 saturated carbocycles. The van der Waals surface area contributed by atoms with Crippen molar-refractivity contribution in [3.05, 3.63) is 174 Å². The number of hydrogen-bond acceptors (Lipinski definition) is 5. The third-order valence-corrected chi connectivity index (χ3v) is 11.8. The first-order valence-corrected chi connectivity index (χ1v) is 18.2. The summed E-state index contributed by atoms with van der Waals surface area (Å²) in [6.07, 6.45) is 6.38. The van der Waals surface area contributed by atoms with Gasteiger partial charge in [-0.3, -0.25) is 0 Å². The van der Waals surface area contributed by atoms with Gasteiger partial charge in [-0.1, -0.05) is 115 Å². The van der Waals surface area contributed by atoms with Gasteiger partial charge >= 0.3 is 0 Å². The Morgan fingerprint density at radius 1 is 0.667 bits per heavy atom. The second-order valence-electron chi connectivity index (χ2n) is 13.3. The summed E-state index contributed by atoms with van der Waals surface area (Å²) >= 11 is 1.93. The maximum Gasteiger partial charge on any atom is 0.169 e. The Bertz CT molecular complexity index is 2790. The number of fused-ring (bicyclic) bond motifs is 9. The Kier molecular flexibility index (Phi) is 6.31. The lowest BCUT2D eigenvalue weighted by molar-refractivity contribution is 0.666. The van der Waals surface area contributed by atoms with Gasteiger partial charge in [-0.2, -0.15) is 0 Å². The first-order valence-electron chi connectivity index (χ1n) is 17.3. The fraction of sp³-hybridized carbons (Fsp3) is 0.0667. The van der Waals surface area contributed by atoms with Crippen LogP contribution >= 0.6 is 11.8 Å². The van der Waals surface area contributed by atoms with Gasteiger partial charge in [0.1, 0.15) is 17.3 Å². The van der Waals surface area contributed by atoms with Gasteiger partial charge in [-0.05, 0) is 59.2 Å². The quantitative estimate of drug-likeness (QED) is 0.202. The summed E-state index contributed by atoms with van der Waals surface area (Å²) in [5, 5.41) is 8.56. The Hall–Kier alpha value is -6.11. The van der Waals surface area contributed by atoms with Crippen LogP contribution < -0.4 is 5.32 Å². The maximum absolute atomic E-state index is 6.71. The van der Waals surface area contributed by atoms with E-state index in [4.69, 9.17) is 14.4 Å². The molecular weight excluding hydrogens is 645 g/mol. The third kappa shape index (κ3) is 4.43. The van der Waals surface area contributed by atoms with Crippen LogP contribution in [0.1, 0.15) is 22.9 Å². The molecular formula is C45H30N4OS. The first-order chi connectivity index (χ1) is 25.3. The average Bonchev–Trinajstić information content (AvgIpc) is 3.87. The zero-order chi connectivity index (χ0) is 33.5. The van der Waals surface area contributed by atoms with E-state index in [1.54, 1.807) is 0 Å². The van der Waals surface area contributed by atoms with Gasteiger partial charge < -0.3 is 14.3 Å². The van der Waals surface area contributed by atoms with Crippen molar-refractivity contribution in [1.29, 1.82) is 0 Å². The van der Waals surface area contributed by atoms with Crippen LogP contribution in [0.4, 0.5) is 0 Å². The Balaban J connectivity index is 1.03. The molecule has 4 heterocycles. The molecule has 5 nitrogen and oxygen atoms in total. The third-order valence-electron chi connectivity index (χ3n) is 10.4. The van der Waals surface area contributed by atoms with Crippen LogP contribution in [0.15, 0.2) is 177 Å². The number of aliphatic imine (C=N–C) groups is 2. The molecule has 0 saturated heterocycles. The van der Waals surface area contributed by atoms with E-state index < -0.39 is 0 Å². The molecule has 51 heavy (non-hydrogen) atoms. The lowest BCUT2D eigenvalue weighted by Crippen LogP contribution is -2.42. The highest BCUT2D eigenvalue weighted by Gasteiger charge is 2.38. The number of para-hydroxylation sites is 3. The summed E-state index contributed by atoms with van der Waals surface area (Å²) < 4.78 is 9.04. The van der Waals surface area contributed by atoms with Gasteiger partial charge in [-0.15, -0.1) is 11.8 Å². The molecule has 3 unspecified atom stereocenters. The Morgan fingerprint density at radius 2 is 1.41 bits per heavy atom. The summed E-state index contributed by atoms with van der Waals surface area (Å²) in [7, 11) is 0. The van der Waals surface area contributed by atoms with Gasteiger partial charge in [-0.25, -0.2) is 9.98 Å². The lowest BCUT2D eigenvalue weighted by atomic mass is 9.88. The lowest BCUT2D eigenvalue weighted by Gasteiger charge is -2.30. The molecule has 6 aromatic carbocycles. The number of rotatable bonds is 4. The van der Waals surface area contributed by atoms with E-state index in [1.807, 2.05) is 17.8 Å². The van der Waals surface area contributed by atoms with Crippen LogP contribution in [0.2, 0.25) is 0 Å². The van der Waals surface area contributed by atoms with Crippen molar-refractivity contribution in [3.63, 3.8) is 0 Å². The number of allylic oxidation sites excluding steroid dienone is 2. The fourth-order valence-corrected chi connectivity index (χ4v) is 9.52. The Labute approximate surface area is 298 Å². The number of thioether (sulfide) groups is 1. The predicted octanol–water partition coefficient (Wildman–Crippen LogP) is 10.9. The van der Waals surface area contributed by atoms with Crippen molar-refractivity contribution in [1.82, 2.24) is 9.88 Å². The van der Waals surface area contributed by atoms with Crippen molar-refractivity contribution >= 4 is 72.8 Å². The Morgan fingerprint density at radius 3 is 2.25 bits per heavy atom. The molecule has 0 amide bonds. The molecule has 3 atom stereocenters. The summed E-state index contributed by atoms with van der Waals surface area (Å²) in [6, 6.07) is 49.2. The van der Waals surface area contributed by atoms with Crippen LogP contribution in [-0.2, 0) is 0 Å². The number of nitrogens with zero attached hydrogens (tertiary/aromatic N) is 3. The normalized spacial score (nSPS) is 19.5. The molecule has 1 N–H and O–H groups in total. The topological polar surface area (TPSA) is 54.8 Å². The van der Waals surface area contributed by atoms with Gasteiger partial charge in [0.15, 0.2) is 11.7 Å². The fourth-order valence-electron chi connectivity index (χ4n) is 8.08. The van der Waals surface area contributed by atoms with Gasteiger partial charge in [0, 0.05) is 37.3 Å². The van der Waals surface area contributed by atoms with Crippen LogP contribution in [0.5, 0.6) is 0 Å². The summed E-state index contributed by atoms with van der Waals surface area (Å²) in [5.74, 6) is 1.83. The molecule has 0 bridgehead atoms. The highest BCUT2D eigenvalue weighted by atomic mass is 32.2. The van der Waals surface area contributed by atoms with E-state index in [2.05, 4.69) is 162 Å². The number of benzene rings is 6. The van der Waals surface area contributed by atoms with Gasteiger partial charge in [0.2, 0.25) is 0 Å². The molecule has 6 heteroatoms. The van der Waals surface area contributed by atoms with Crippen molar-refractivity contribution in [2.75, 3.05) is 0 Å². The summed E-state index contributed by atoms with van der Waals surface area (Å²) in [4.78, 5) is 11.8. The summed E-state index contributed by atoms with van der Waals surface area (Å²) in [6.45, 7) is 0. The zero-order valence-corrected chi connectivity index (χ0v) is 28.2. The monoisotopic (exact) mass is 674 g/mol.